The van der Waals surface area contributed by atoms with Crippen molar-refractivity contribution in [3.8, 4) is 5.75 Å². The van der Waals surface area contributed by atoms with Crippen LogP contribution in [0.4, 0.5) is 5.69 Å². The highest BCUT2D eigenvalue weighted by molar-refractivity contribution is 9.10. The van der Waals surface area contributed by atoms with Gasteiger partial charge in [0.15, 0.2) is 0 Å². The maximum absolute atomic E-state index is 5.83. The lowest BCUT2D eigenvalue weighted by molar-refractivity contribution is -0.101. The largest absolute Gasteiger partial charge is 0.496 e. The first-order chi connectivity index (χ1) is 8.60. The average molecular weight is 315 g/mol. The predicted octanol–water partition coefficient (Wildman–Crippen LogP) is 1.87. The maximum Gasteiger partial charge on any atom is 0.133 e. The zero-order valence-electron chi connectivity index (χ0n) is 10.8. The lowest BCUT2D eigenvalue weighted by Gasteiger charge is -2.43. The van der Waals surface area contributed by atoms with Crippen molar-refractivity contribution in [1.29, 1.82) is 0 Å². The maximum atomic E-state index is 5.83. The van der Waals surface area contributed by atoms with E-state index in [2.05, 4.69) is 33.9 Å². The first-order valence-electron chi connectivity index (χ1n) is 5.93. The summed E-state index contributed by atoms with van der Waals surface area (Å²) >= 11 is 3.50. The van der Waals surface area contributed by atoms with Crippen molar-refractivity contribution in [2.45, 2.75) is 0 Å². The quantitative estimate of drug-likeness (QED) is 0.901. The van der Waals surface area contributed by atoms with E-state index in [1.807, 2.05) is 12.1 Å². The summed E-state index contributed by atoms with van der Waals surface area (Å²) in [5.74, 6) is 0.840. The van der Waals surface area contributed by atoms with Crippen molar-refractivity contribution in [3.63, 3.8) is 0 Å². The highest BCUT2D eigenvalue weighted by Gasteiger charge is 2.38. The topological polar surface area (TPSA) is 47.7 Å². The Morgan fingerprint density at radius 2 is 2.22 bits per heavy atom. The number of halogens is 1. The molecule has 1 aromatic rings. The van der Waals surface area contributed by atoms with Crippen LogP contribution in [0.1, 0.15) is 0 Å². The Balaban J connectivity index is 2.09. The highest BCUT2D eigenvalue weighted by atomic mass is 79.9. The van der Waals surface area contributed by atoms with Crippen molar-refractivity contribution < 1.29 is 9.47 Å². The molecular weight excluding hydrogens is 296 g/mol. The molecule has 0 unspecified atom stereocenters. The van der Waals surface area contributed by atoms with Gasteiger partial charge in [-0.05, 0) is 34.1 Å². The fourth-order valence-electron chi connectivity index (χ4n) is 2.15. The third-order valence-corrected chi connectivity index (χ3v) is 4.02. The van der Waals surface area contributed by atoms with Crippen molar-refractivity contribution >= 4 is 21.6 Å². The Bertz CT molecular complexity index is 416. The number of benzene rings is 1. The minimum absolute atomic E-state index is 0.112. The van der Waals surface area contributed by atoms with Gasteiger partial charge < -0.3 is 20.1 Å². The zero-order valence-corrected chi connectivity index (χ0v) is 12.4. The van der Waals surface area contributed by atoms with E-state index in [0.717, 1.165) is 35.7 Å². The number of nitrogens with two attached hydrogens (primary N) is 1. The molecule has 1 aromatic carbocycles. The van der Waals surface area contributed by atoms with Crippen molar-refractivity contribution in [2.24, 2.45) is 11.1 Å². The van der Waals surface area contributed by atoms with Gasteiger partial charge in [-0.15, -0.1) is 0 Å². The predicted molar refractivity (Wildman–Crippen MR) is 76.3 cm³/mol. The molecule has 0 radical (unpaired) electrons. The lowest BCUT2D eigenvalue weighted by Crippen LogP contribution is -2.54. The van der Waals surface area contributed by atoms with Crippen LogP contribution >= 0.6 is 15.9 Å². The van der Waals surface area contributed by atoms with Gasteiger partial charge in [0.1, 0.15) is 5.75 Å². The van der Waals surface area contributed by atoms with E-state index in [1.165, 1.54) is 0 Å². The SMILES string of the molecule is COc1ccc(N(C)CC2(CN)COC2)cc1Br. The Kier molecular flexibility index (Phi) is 4.14. The molecule has 0 saturated carbocycles. The molecule has 18 heavy (non-hydrogen) atoms. The molecule has 1 aliphatic heterocycles. The summed E-state index contributed by atoms with van der Waals surface area (Å²) in [6.45, 7) is 3.08. The molecule has 2 rings (SSSR count). The molecule has 5 heteroatoms. The van der Waals surface area contributed by atoms with E-state index in [4.69, 9.17) is 15.2 Å². The van der Waals surface area contributed by atoms with Crippen LogP contribution in [0, 0.1) is 5.41 Å². The second kappa shape index (κ2) is 5.47. The summed E-state index contributed by atoms with van der Waals surface area (Å²) in [6.07, 6.45) is 0. The number of hydrogen-bond acceptors (Lipinski definition) is 4. The first-order valence-corrected chi connectivity index (χ1v) is 6.72. The highest BCUT2D eigenvalue weighted by Crippen LogP contribution is 2.32. The van der Waals surface area contributed by atoms with Crippen LogP contribution in [0.25, 0.3) is 0 Å². The molecule has 100 valence electrons. The van der Waals surface area contributed by atoms with Gasteiger partial charge >= 0.3 is 0 Å². The van der Waals surface area contributed by atoms with Crippen LogP contribution in [-0.2, 0) is 4.74 Å². The summed E-state index contributed by atoms with van der Waals surface area (Å²) < 4.78 is 11.5. The van der Waals surface area contributed by atoms with Crippen molar-refractivity contribution in [1.82, 2.24) is 0 Å². The van der Waals surface area contributed by atoms with E-state index in [1.54, 1.807) is 7.11 Å². The zero-order chi connectivity index (χ0) is 13.2. The molecule has 0 amide bonds. The fraction of sp³-hybridized carbons (Fsp3) is 0.538. The van der Waals surface area contributed by atoms with E-state index >= 15 is 0 Å². The molecule has 0 aromatic heterocycles. The third-order valence-electron chi connectivity index (χ3n) is 3.40. The van der Waals surface area contributed by atoms with E-state index in [9.17, 15) is 0 Å². The minimum atomic E-state index is 0.112. The molecule has 0 atom stereocenters. The molecule has 1 fully saturated rings. The Morgan fingerprint density at radius 3 is 2.67 bits per heavy atom. The monoisotopic (exact) mass is 314 g/mol. The van der Waals surface area contributed by atoms with E-state index < -0.39 is 0 Å². The van der Waals surface area contributed by atoms with Crippen LogP contribution < -0.4 is 15.4 Å². The second-order valence-electron chi connectivity index (χ2n) is 4.87. The lowest BCUT2D eigenvalue weighted by atomic mass is 9.85. The summed E-state index contributed by atoms with van der Waals surface area (Å²) in [7, 11) is 3.74. The molecule has 1 heterocycles. The molecular formula is C13H19BrN2O2. The molecule has 0 spiro atoms. The smallest absolute Gasteiger partial charge is 0.133 e. The Morgan fingerprint density at radius 1 is 1.50 bits per heavy atom. The number of ether oxygens (including phenoxy) is 2. The van der Waals surface area contributed by atoms with E-state index in [-0.39, 0.29) is 5.41 Å². The summed E-state index contributed by atoms with van der Waals surface area (Å²) in [5, 5.41) is 0. The number of hydrogen-bond donors (Lipinski definition) is 1. The van der Waals surface area contributed by atoms with Gasteiger partial charge in [0.25, 0.3) is 0 Å². The van der Waals surface area contributed by atoms with Crippen LogP contribution in [0.2, 0.25) is 0 Å². The fourth-order valence-corrected chi connectivity index (χ4v) is 2.68. The average Bonchev–Trinajstić information content (AvgIpc) is 2.33. The Hall–Kier alpha value is -0.780. The molecule has 1 saturated heterocycles. The number of rotatable bonds is 5. The molecule has 4 nitrogen and oxygen atoms in total. The van der Waals surface area contributed by atoms with Crippen LogP contribution in [0.5, 0.6) is 5.75 Å². The number of nitrogens with zero attached hydrogens (tertiary/aromatic N) is 1. The van der Waals surface area contributed by atoms with Crippen molar-refractivity contribution in [3.05, 3.63) is 22.7 Å². The van der Waals surface area contributed by atoms with E-state index in [0.29, 0.717) is 6.54 Å². The van der Waals surface area contributed by atoms with Gasteiger partial charge in [0.05, 0.1) is 24.8 Å². The molecule has 2 N–H and O–H groups in total. The summed E-state index contributed by atoms with van der Waals surface area (Å²) in [4.78, 5) is 2.21. The molecule has 1 aliphatic rings. The minimum Gasteiger partial charge on any atom is -0.496 e. The first kappa shape index (κ1) is 13.6. The van der Waals surface area contributed by atoms with Crippen LogP contribution in [0.3, 0.4) is 0 Å². The normalized spacial score (nSPS) is 17.1. The second-order valence-corrected chi connectivity index (χ2v) is 5.73. The standard InChI is InChI=1S/C13H19BrN2O2/c1-16(7-13(6-15)8-18-9-13)10-3-4-12(17-2)11(14)5-10/h3-5H,6-9,15H2,1-2H3. The van der Waals surface area contributed by atoms with Gasteiger partial charge in [-0.3, -0.25) is 0 Å². The van der Waals surface area contributed by atoms with Crippen molar-refractivity contribution in [2.75, 3.05) is 45.4 Å². The summed E-state index contributed by atoms with van der Waals surface area (Å²) in [6, 6.07) is 6.07. The third kappa shape index (κ3) is 2.63. The molecule has 0 bridgehead atoms. The van der Waals surface area contributed by atoms with Crippen LogP contribution in [0.15, 0.2) is 22.7 Å². The number of anilines is 1. The van der Waals surface area contributed by atoms with Gasteiger partial charge in [-0.25, -0.2) is 0 Å². The Labute approximate surface area is 116 Å². The van der Waals surface area contributed by atoms with Crippen LogP contribution in [-0.4, -0.2) is 40.5 Å². The van der Waals surface area contributed by atoms with Gasteiger partial charge in [0.2, 0.25) is 0 Å². The number of methoxy groups -OCH3 is 1. The van der Waals surface area contributed by atoms with Gasteiger partial charge in [-0.1, -0.05) is 0 Å². The van der Waals surface area contributed by atoms with Gasteiger partial charge in [0, 0.05) is 31.2 Å². The van der Waals surface area contributed by atoms with Gasteiger partial charge in [-0.2, -0.15) is 0 Å². The molecule has 0 aliphatic carbocycles. The summed E-state index contributed by atoms with van der Waals surface area (Å²) in [5.41, 5.74) is 7.09.